The zero-order chi connectivity index (χ0) is 12.4. The van der Waals surface area contributed by atoms with E-state index in [9.17, 15) is 4.39 Å². The van der Waals surface area contributed by atoms with Gasteiger partial charge in [-0.25, -0.2) is 4.39 Å². The standard InChI is InChI=1S/C13H12FIN2/c1-8-10(15)5-3-7-12(8)17-13-9(14)4-2-6-11(13)16/h2-7,17H,16H2,1H3. The van der Waals surface area contributed by atoms with E-state index < -0.39 is 0 Å². The van der Waals surface area contributed by atoms with Gasteiger partial charge in [-0.15, -0.1) is 0 Å². The lowest BCUT2D eigenvalue weighted by Gasteiger charge is -2.13. The van der Waals surface area contributed by atoms with Gasteiger partial charge in [0.25, 0.3) is 0 Å². The van der Waals surface area contributed by atoms with Gasteiger partial charge in [0.2, 0.25) is 0 Å². The monoisotopic (exact) mass is 342 g/mol. The minimum Gasteiger partial charge on any atom is -0.397 e. The maximum atomic E-state index is 13.6. The zero-order valence-electron chi connectivity index (χ0n) is 9.30. The summed E-state index contributed by atoms with van der Waals surface area (Å²) in [5.74, 6) is -0.344. The molecule has 0 fully saturated rings. The first kappa shape index (κ1) is 12.2. The maximum Gasteiger partial charge on any atom is 0.148 e. The first-order chi connectivity index (χ1) is 8.09. The number of rotatable bonds is 2. The Kier molecular flexibility index (Phi) is 3.51. The molecule has 0 amide bonds. The molecule has 0 aliphatic carbocycles. The third-order valence-corrected chi connectivity index (χ3v) is 3.74. The average Bonchev–Trinajstić information content (AvgIpc) is 2.29. The first-order valence-electron chi connectivity index (χ1n) is 5.15. The van der Waals surface area contributed by atoms with Crippen molar-refractivity contribution in [3.63, 3.8) is 0 Å². The predicted octanol–water partition coefficient (Wildman–Crippen LogP) is 4.06. The van der Waals surface area contributed by atoms with Crippen molar-refractivity contribution in [1.82, 2.24) is 0 Å². The fourth-order valence-corrected chi connectivity index (χ4v) is 2.05. The van der Waals surface area contributed by atoms with Gasteiger partial charge in [0, 0.05) is 9.26 Å². The number of hydrogen-bond donors (Lipinski definition) is 2. The van der Waals surface area contributed by atoms with Crippen LogP contribution in [0.3, 0.4) is 0 Å². The molecule has 2 aromatic carbocycles. The molecule has 0 aliphatic heterocycles. The van der Waals surface area contributed by atoms with E-state index >= 15 is 0 Å². The summed E-state index contributed by atoms with van der Waals surface area (Å²) in [5, 5.41) is 3.04. The lowest BCUT2D eigenvalue weighted by Crippen LogP contribution is -2.01. The molecule has 4 heteroatoms. The van der Waals surface area contributed by atoms with Crippen LogP contribution < -0.4 is 11.1 Å². The van der Waals surface area contributed by atoms with Gasteiger partial charge in [-0.05, 0) is 59.3 Å². The fourth-order valence-electron chi connectivity index (χ4n) is 1.55. The molecule has 0 aliphatic rings. The minimum atomic E-state index is -0.344. The number of nitrogens with two attached hydrogens (primary N) is 1. The third-order valence-electron chi connectivity index (χ3n) is 2.57. The molecule has 2 aromatic rings. The SMILES string of the molecule is Cc1c(I)cccc1Nc1c(N)cccc1F. The van der Waals surface area contributed by atoms with Crippen LogP contribution in [-0.4, -0.2) is 0 Å². The second-order valence-electron chi connectivity index (χ2n) is 3.74. The molecule has 0 bridgehead atoms. The smallest absolute Gasteiger partial charge is 0.148 e. The summed E-state index contributed by atoms with van der Waals surface area (Å²) < 4.78 is 14.8. The first-order valence-corrected chi connectivity index (χ1v) is 6.23. The van der Waals surface area contributed by atoms with Crippen molar-refractivity contribution in [3.05, 3.63) is 51.3 Å². The molecule has 88 valence electrons. The van der Waals surface area contributed by atoms with Crippen LogP contribution in [0.2, 0.25) is 0 Å². The van der Waals surface area contributed by atoms with Crippen LogP contribution in [0.5, 0.6) is 0 Å². The van der Waals surface area contributed by atoms with E-state index in [1.54, 1.807) is 12.1 Å². The molecule has 17 heavy (non-hydrogen) atoms. The summed E-state index contributed by atoms with van der Waals surface area (Å²) in [7, 11) is 0. The predicted molar refractivity (Wildman–Crippen MR) is 78.0 cm³/mol. The van der Waals surface area contributed by atoms with Gasteiger partial charge in [0.05, 0.1) is 11.4 Å². The van der Waals surface area contributed by atoms with Crippen LogP contribution in [0.4, 0.5) is 21.5 Å². The lowest BCUT2D eigenvalue weighted by molar-refractivity contribution is 0.632. The second-order valence-corrected chi connectivity index (χ2v) is 4.90. The van der Waals surface area contributed by atoms with Crippen molar-refractivity contribution in [3.8, 4) is 0 Å². The summed E-state index contributed by atoms with van der Waals surface area (Å²) in [4.78, 5) is 0. The Bertz CT molecular complexity index is 535. The summed E-state index contributed by atoms with van der Waals surface area (Å²) in [6.07, 6.45) is 0. The van der Waals surface area contributed by atoms with Crippen LogP contribution >= 0.6 is 22.6 Å². The number of para-hydroxylation sites is 1. The van der Waals surface area contributed by atoms with E-state index in [2.05, 4.69) is 27.9 Å². The lowest BCUT2D eigenvalue weighted by atomic mass is 10.2. The minimum absolute atomic E-state index is 0.331. The van der Waals surface area contributed by atoms with E-state index in [0.717, 1.165) is 14.8 Å². The van der Waals surface area contributed by atoms with Crippen LogP contribution in [0.15, 0.2) is 36.4 Å². The van der Waals surface area contributed by atoms with Crippen molar-refractivity contribution >= 4 is 39.7 Å². The Hall–Kier alpha value is -1.30. The molecule has 3 N–H and O–H groups in total. The van der Waals surface area contributed by atoms with Crippen molar-refractivity contribution in [2.45, 2.75) is 6.92 Å². The highest BCUT2D eigenvalue weighted by Crippen LogP contribution is 2.29. The average molecular weight is 342 g/mol. The van der Waals surface area contributed by atoms with Gasteiger partial charge in [-0.2, -0.15) is 0 Å². The highest BCUT2D eigenvalue weighted by Gasteiger charge is 2.08. The molecule has 2 rings (SSSR count). The summed E-state index contributed by atoms with van der Waals surface area (Å²) in [6, 6.07) is 10.5. The summed E-state index contributed by atoms with van der Waals surface area (Å²) in [5.41, 5.74) is 8.44. The van der Waals surface area contributed by atoms with Crippen LogP contribution in [0.25, 0.3) is 0 Å². The summed E-state index contributed by atoms with van der Waals surface area (Å²) in [6.45, 7) is 1.99. The second kappa shape index (κ2) is 4.91. The van der Waals surface area contributed by atoms with Gasteiger partial charge < -0.3 is 11.1 Å². The van der Waals surface area contributed by atoms with Crippen molar-refractivity contribution < 1.29 is 4.39 Å². The molecule has 0 atom stereocenters. The normalized spacial score (nSPS) is 10.3. The number of nitrogen functional groups attached to an aromatic ring is 1. The molecule has 2 nitrogen and oxygen atoms in total. The highest BCUT2D eigenvalue weighted by atomic mass is 127. The third kappa shape index (κ3) is 2.52. The van der Waals surface area contributed by atoms with E-state index in [4.69, 9.17) is 5.73 Å². The van der Waals surface area contributed by atoms with Gasteiger partial charge in [0.15, 0.2) is 0 Å². The Balaban J connectivity index is 2.42. The molecular weight excluding hydrogens is 330 g/mol. The molecule has 0 radical (unpaired) electrons. The van der Waals surface area contributed by atoms with Gasteiger partial charge in [-0.3, -0.25) is 0 Å². The Morgan fingerprint density at radius 3 is 2.59 bits per heavy atom. The van der Waals surface area contributed by atoms with Crippen molar-refractivity contribution in [2.24, 2.45) is 0 Å². The van der Waals surface area contributed by atoms with Crippen molar-refractivity contribution in [1.29, 1.82) is 0 Å². The van der Waals surface area contributed by atoms with E-state index in [-0.39, 0.29) is 5.82 Å². The Labute approximate surface area is 113 Å². The van der Waals surface area contributed by atoms with E-state index in [0.29, 0.717) is 11.4 Å². The molecule has 0 spiro atoms. The quantitative estimate of drug-likeness (QED) is 0.638. The fraction of sp³-hybridized carbons (Fsp3) is 0.0769. The molecule has 0 unspecified atom stereocenters. The molecule has 0 saturated heterocycles. The highest BCUT2D eigenvalue weighted by molar-refractivity contribution is 14.1. The zero-order valence-corrected chi connectivity index (χ0v) is 11.5. The van der Waals surface area contributed by atoms with Gasteiger partial charge in [-0.1, -0.05) is 12.1 Å². The molecule has 0 aromatic heterocycles. The van der Waals surface area contributed by atoms with E-state index in [1.165, 1.54) is 6.07 Å². The number of hydrogen-bond acceptors (Lipinski definition) is 2. The topological polar surface area (TPSA) is 38.0 Å². The van der Waals surface area contributed by atoms with Crippen LogP contribution in [0.1, 0.15) is 5.56 Å². The van der Waals surface area contributed by atoms with Gasteiger partial charge >= 0.3 is 0 Å². The molecule has 0 heterocycles. The van der Waals surface area contributed by atoms with Crippen molar-refractivity contribution in [2.75, 3.05) is 11.1 Å². The largest absolute Gasteiger partial charge is 0.397 e. The van der Waals surface area contributed by atoms with Gasteiger partial charge in [0.1, 0.15) is 5.82 Å². The Morgan fingerprint density at radius 1 is 1.18 bits per heavy atom. The van der Waals surface area contributed by atoms with Crippen LogP contribution in [0, 0.1) is 16.3 Å². The van der Waals surface area contributed by atoms with E-state index in [1.807, 2.05) is 25.1 Å². The number of anilines is 3. The summed E-state index contributed by atoms with van der Waals surface area (Å²) >= 11 is 2.25. The number of nitrogens with one attached hydrogen (secondary N) is 1. The maximum absolute atomic E-state index is 13.6. The Morgan fingerprint density at radius 2 is 1.88 bits per heavy atom. The number of halogens is 2. The molecule has 0 saturated carbocycles. The molecular formula is C13H12FIN2. The number of benzene rings is 2. The van der Waals surface area contributed by atoms with Crippen LogP contribution in [-0.2, 0) is 0 Å².